The SMILES string of the molecule is CC(C)(C)OC(=O)CCC(=O)O[C@H]1CCC[C@@H]1OC(=O)OCN(C(=O)c1cc(-c2cnn(-c3c(Cl)cc(C(F)(C(F)(F)F)C(F)(F)F)cc3OC(F)(F)F)c2)ccc1Cl)C1(C#N)CC1. The number of carbonyl (C=O) groups excluding carboxylic acids is 4. The van der Waals surface area contributed by atoms with Crippen molar-refractivity contribution in [2.45, 2.75) is 113 Å². The summed E-state index contributed by atoms with van der Waals surface area (Å²) in [6, 6.07) is 4.92. The van der Waals surface area contributed by atoms with E-state index in [2.05, 4.69) is 9.84 Å². The molecule has 0 radical (unpaired) electrons. The Morgan fingerprint density at radius 1 is 0.859 bits per heavy atom. The van der Waals surface area contributed by atoms with Crippen molar-refractivity contribution < 1.29 is 86.8 Å². The van der Waals surface area contributed by atoms with Gasteiger partial charge in [0, 0.05) is 17.3 Å². The normalized spacial score (nSPS) is 17.5. The molecule has 0 aliphatic heterocycles. The molecule has 0 N–H and O–H groups in total. The fourth-order valence-corrected chi connectivity index (χ4v) is 6.99. The molecule has 1 heterocycles. The molecule has 2 aliphatic carbocycles. The van der Waals surface area contributed by atoms with Crippen molar-refractivity contribution in [2.75, 3.05) is 6.73 Å². The van der Waals surface area contributed by atoms with Crippen molar-refractivity contribution in [1.29, 1.82) is 5.26 Å². The maximum Gasteiger partial charge on any atom is 0.573 e. The molecule has 2 atom stereocenters. The molecule has 13 nitrogen and oxygen atoms in total. The monoisotopic (exact) mass is 962 g/mol. The molecule has 25 heteroatoms. The molecular weight excluding hydrogens is 929 g/mol. The number of nitriles is 1. The van der Waals surface area contributed by atoms with E-state index in [9.17, 15) is 68.3 Å². The highest BCUT2D eigenvalue weighted by atomic mass is 35.5. The van der Waals surface area contributed by atoms with Gasteiger partial charge in [0.1, 0.15) is 29.0 Å². The smallest absolute Gasteiger partial charge is 0.460 e. The number of esters is 2. The Morgan fingerprint density at radius 2 is 1.47 bits per heavy atom. The average Bonchev–Trinajstić information content (AvgIpc) is 3.58. The summed E-state index contributed by atoms with van der Waals surface area (Å²) >= 11 is 12.3. The fourth-order valence-electron chi connectivity index (χ4n) is 6.49. The molecule has 0 bridgehead atoms. The summed E-state index contributed by atoms with van der Waals surface area (Å²) in [6.45, 7) is 4.13. The standard InChI is InChI=1S/C39H34Cl2F10N4O9/c1-34(2,3)64-30(57)10-9-29(56)61-26-5-4-6-27(26)62-33(59)60-19-54(35(18-52)11-12-35)32(58)23-13-20(7-8-24(23)40)21-16-53-55(17-21)31-25(41)14-22(15-28(31)63-39(49,50)51)36(42,37(43,44)45)38(46,47)48/h7-8,13-17,26-27H,4-6,9-12,19H2,1-3H3/t26-,27-/m0/s1. The number of amides is 1. The van der Waals surface area contributed by atoms with Gasteiger partial charge >= 0.3 is 42.5 Å². The molecule has 0 saturated heterocycles. The van der Waals surface area contributed by atoms with Crippen molar-refractivity contribution in [1.82, 2.24) is 14.7 Å². The molecule has 1 amide bonds. The minimum Gasteiger partial charge on any atom is -0.460 e. The summed E-state index contributed by atoms with van der Waals surface area (Å²) < 4.78 is 162. The third kappa shape index (κ3) is 11.2. The molecule has 3 aromatic rings. The van der Waals surface area contributed by atoms with Crippen LogP contribution in [0.15, 0.2) is 42.7 Å². The van der Waals surface area contributed by atoms with Crippen LogP contribution in [0.3, 0.4) is 0 Å². The summed E-state index contributed by atoms with van der Waals surface area (Å²) in [6.07, 6.45) is -19.7. The van der Waals surface area contributed by atoms with E-state index in [0.29, 0.717) is 17.5 Å². The lowest BCUT2D eigenvalue weighted by atomic mass is 9.93. The Bertz CT molecular complexity index is 2310. The minimum atomic E-state index is -6.71. The number of carbonyl (C=O) groups is 4. The van der Waals surface area contributed by atoms with E-state index in [-0.39, 0.29) is 59.9 Å². The number of halogens is 12. The van der Waals surface area contributed by atoms with Gasteiger partial charge < -0.3 is 23.7 Å². The first-order valence-corrected chi connectivity index (χ1v) is 19.5. The quantitative estimate of drug-likeness (QED) is 0.0694. The maximum atomic E-state index is 14.9. The second kappa shape index (κ2) is 18.2. The van der Waals surface area contributed by atoms with E-state index in [4.69, 9.17) is 42.1 Å². The van der Waals surface area contributed by atoms with Crippen LogP contribution in [-0.4, -0.2) is 87.5 Å². The van der Waals surface area contributed by atoms with Crippen LogP contribution in [0.5, 0.6) is 5.75 Å². The average molecular weight is 964 g/mol. The van der Waals surface area contributed by atoms with Crippen LogP contribution < -0.4 is 4.74 Å². The van der Waals surface area contributed by atoms with Crippen molar-refractivity contribution in [3.8, 4) is 28.6 Å². The Labute approximate surface area is 366 Å². The zero-order chi connectivity index (χ0) is 47.8. The topological polar surface area (TPSA) is 159 Å². The lowest BCUT2D eigenvalue weighted by Gasteiger charge is -2.31. The zero-order valence-electron chi connectivity index (χ0n) is 33.4. The van der Waals surface area contributed by atoms with E-state index in [1.54, 1.807) is 20.8 Å². The summed E-state index contributed by atoms with van der Waals surface area (Å²) in [5.74, 6) is -4.12. The molecule has 2 aromatic carbocycles. The molecule has 0 unspecified atom stereocenters. The van der Waals surface area contributed by atoms with Gasteiger partial charge in [0.15, 0.2) is 12.5 Å². The number of aromatic nitrogens is 2. The second-order valence-electron chi connectivity index (χ2n) is 15.5. The lowest BCUT2D eigenvalue weighted by molar-refractivity contribution is -0.348. The van der Waals surface area contributed by atoms with Crippen molar-refractivity contribution in [2.24, 2.45) is 0 Å². The highest BCUT2D eigenvalue weighted by molar-refractivity contribution is 6.34. The second-order valence-corrected chi connectivity index (χ2v) is 16.3. The predicted molar refractivity (Wildman–Crippen MR) is 199 cm³/mol. The van der Waals surface area contributed by atoms with Crippen molar-refractivity contribution in [3.05, 3.63) is 63.9 Å². The molecule has 348 valence electrons. The summed E-state index contributed by atoms with van der Waals surface area (Å²) in [4.78, 5) is 52.2. The third-order valence-electron chi connectivity index (χ3n) is 9.66. The third-order valence-corrected chi connectivity index (χ3v) is 10.3. The van der Waals surface area contributed by atoms with Gasteiger partial charge in [-0.05, 0) is 82.7 Å². The first-order valence-electron chi connectivity index (χ1n) is 18.7. The lowest BCUT2D eigenvalue weighted by Crippen LogP contribution is -2.50. The van der Waals surface area contributed by atoms with Crippen LogP contribution in [0.1, 0.15) is 81.6 Å². The number of hydrogen-bond acceptors (Lipinski definition) is 11. The highest BCUT2D eigenvalue weighted by Crippen LogP contribution is 2.55. The van der Waals surface area contributed by atoms with Gasteiger partial charge in [-0.15, -0.1) is 13.2 Å². The van der Waals surface area contributed by atoms with Gasteiger partial charge in [-0.25, -0.2) is 13.9 Å². The van der Waals surface area contributed by atoms with Gasteiger partial charge in [0.05, 0.1) is 40.7 Å². The predicted octanol–water partition coefficient (Wildman–Crippen LogP) is 10.2. The van der Waals surface area contributed by atoms with Gasteiger partial charge in [0.25, 0.3) is 5.91 Å². The number of ether oxygens (including phenoxy) is 5. The van der Waals surface area contributed by atoms with E-state index in [1.165, 1.54) is 12.1 Å². The fraction of sp³-hybridized carbons (Fsp3) is 0.487. The largest absolute Gasteiger partial charge is 0.573 e. The van der Waals surface area contributed by atoms with Gasteiger partial charge in [-0.1, -0.05) is 29.3 Å². The zero-order valence-corrected chi connectivity index (χ0v) is 34.9. The number of hydrogen-bond donors (Lipinski definition) is 0. The van der Waals surface area contributed by atoms with Crippen molar-refractivity contribution >= 4 is 47.2 Å². The van der Waals surface area contributed by atoms with E-state index in [0.717, 1.165) is 23.4 Å². The summed E-state index contributed by atoms with van der Waals surface area (Å²) in [7, 11) is 0. The Morgan fingerprint density at radius 3 is 2.03 bits per heavy atom. The molecule has 1 aromatic heterocycles. The highest BCUT2D eigenvalue weighted by Gasteiger charge is 2.73. The van der Waals surface area contributed by atoms with E-state index < -0.39 is 107 Å². The first kappa shape index (κ1) is 49.5. The first-order chi connectivity index (χ1) is 29.5. The molecule has 5 rings (SSSR count). The van der Waals surface area contributed by atoms with Crippen LogP contribution in [-0.2, 0) is 34.2 Å². The number of nitrogens with zero attached hydrogens (tertiary/aromatic N) is 4. The number of alkyl halides is 10. The van der Waals surface area contributed by atoms with Gasteiger partial charge in [0.2, 0.25) is 0 Å². The minimum absolute atomic E-state index is 0.0250. The summed E-state index contributed by atoms with van der Waals surface area (Å²) in [5.41, 5.74) is -12.2. The Balaban J connectivity index is 1.35. The molecular formula is C39H34Cl2F10N4O9. The molecule has 2 saturated carbocycles. The molecule has 2 fully saturated rings. The molecule has 0 spiro atoms. The van der Waals surface area contributed by atoms with Crippen LogP contribution >= 0.6 is 23.2 Å². The number of benzene rings is 2. The van der Waals surface area contributed by atoms with E-state index >= 15 is 0 Å². The van der Waals surface area contributed by atoms with Gasteiger partial charge in [-0.3, -0.25) is 19.3 Å². The van der Waals surface area contributed by atoms with Crippen LogP contribution in [0.4, 0.5) is 48.7 Å². The van der Waals surface area contributed by atoms with Gasteiger partial charge in [-0.2, -0.15) is 36.7 Å². The number of rotatable bonds is 13. The van der Waals surface area contributed by atoms with Crippen LogP contribution in [0, 0.1) is 11.3 Å². The van der Waals surface area contributed by atoms with Crippen molar-refractivity contribution in [3.63, 3.8) is 0 Å². The van der Waals surface area contributed by atoms with Crippen LogP contribution in [0.2, 0.25) is 10.0 Å². The maximum absolute atomic E-state index is 14.9. The summed E-state index contributed by atoms with van der Waals surface area (Å²) in [5, 5.41) is 12.3. The Kier molecular flexibility index (Phi) is 14.1. The molecule has 64 heavy (non-hydrogen) atoms. The Hall–Kier alpha value is -5.50. The molecule has 2 aliphatic rings. The van der Waals surface area contributed by atoms with Crippen LogP contribution in [0.25, 0.3) is 16.8 Å². The van der Waals surface area contributed by atoms with E-state index in [1.807, 2.05) is 6.07 Å².